The molecule has 0 saturated carbocycles. The molecule has 8 nitrogen and oxygen atoms in total. The van der Waals surface area contributed by atoms with Gasteiger partial charge in [0.2, 0.25) is 5.91 Å². The maximum absolute atomic E-state index is 12.7. The van der Waals surface area contributed by atoms with E-state index in [1.807, 2.05) is 48.2 Å². The lowest BCUT2D eigenvalue weighted by Crippen LogP contribution is -2.49. The highest BCUT2D eigenvalue weighted by molar-refractivity contribution is 6.04. The van der Waals surface area contributed by atoms with Crippen LogP contribution in [0.3, 0.4) is 0 Å². The number of carbonyl (C=O) groups excluding carboxylic acids is 2. The molecule has 34 heavy (non-hydrogen) atoms. The molecule has 0 atom stereocenters. The van der Waals surface area contributed by atoms with E-state index in [4.69, 9.17) is 0 Å². The van der Waals surface area contributed by atoms with Gasteiger partial charge in [0.25, 0.3) is 11.6 Å². The van der Waals surface area contributed by atoms with Crippen LogP contribution < -0.4 is 10.2 Å². The third-order valence-electron chi connectivity index (χ3n) is 5.88. The lowest BCUT2D eigenvalue weighted by Gasteiger charge is -2.36. The van der Waals surface area contributed by atoms with Crippen LogP contribution in [0.25, 0.3) is 0 Å². The number of anilines is 2. The first-order chi connectivity index (χ1) is 16.4. The molecule has 1 aliphatic heterocycles. The van der Waals surface area contributed by atoms with Crippen LogP contribution in [0.4, 0.5) is 17.1 Å². The Morgan fingerprint density at radius 1 is 0.941 bits per heavy atom. The van der Waals surface area contributed by atoms with Crippen LogP contribution >= 0.6 is 0 Å². The van der Waals surface area contributed by atoms with E-state index in [0.29, 0.717) is 25.2 Å². The minimum Gasteiger partial charge on any atom is -0.368 e. The fraction of sp³-hybridized carbons (Fsp3) is 0.231. The second kappa shape index (κ2) is 10.2. The van der Waals surface area contributed by atoms with Gasteiger partial charge in [-0.3, -0.25) is 19.7 Å². The minimum absolute atomic E-state index is 0.125. The minimum atomic E-state index is -0.526. The zero-order valence-corrected chi connectivity index (χ0v) is 18.9. The van der Waals surface area contributed by atoms with Gasteiger partial charge in [0, 0.05) is 55.2 Å². The van der Waals surface area contributed by atoms with Crippen LogP contribution in [0, 0.1) is 17.0 Å². The van der Waals surface area contributed by atoms with Gasteiger partial charge in [-0.05, 0) is 42.8 Å². The molecule has 3 aromatic rings. The Kier molecular flexibility index (Phi) is 6.87. The smallest absolute Gasteiger partial charge is 0.270 e. The number of piperazine rings is 1. The molecule has 1 aliphatic rings. The number of nitro groups is 1. The standard InChI is InChI=1S/C26H26N4O4/c1-19-4-2-5-20(16-19)17-25(31)29-14-12-28(13-15-29)23-10-8-22(9-11-23)27-26(32)21-6-3-7-24(18-21)30(33)34/h2-11,16,18H,12-15,17H2,1H3,(H,27,32). The van der Waals surface area contributed by atoms with Crippen molar-refractivity contribution in [3.63, 3.8) is 0 Å². The average molecular weight is 459 g/mol. The van der Waals surface area contributed by atoms with Gasteiger partial charge in [-0.15, -0.1) is 0 Å². The predicted octanol–water partition coefficient (Wildman–Crippen LogP) is 4.05. The predicted molar refractivity (Wildman–Crippen MR) is 131 cm³/mol. The van der Waals surface area contributed by atoms with Crippen molar-refractivity contribution in [1.82, 2.24) is 4.90 Å². The molecule has 1 fully saturated rings. The third-order valence-corrected chi connectivity index (χ3v) is 5.88. The van der Waals surface area contributed by atoms with Crippen molar-refractivity contribution in [2.45, 2.75) is 13.3 Å². The Morgan fingerprint density at radius 3 is 2.32 bits per heavy atom. The van der Waals surface area contributed by atoms with Crippen molar-refractivity contribution in [2.24, 2.45) is 0 Å². The number of nitro benzene ring substituents is 1. The normalized spacial score (nSPS) is 13.4. The summed E-state index contributed by atoms with van der Waals surface area (Å²) in [5.41, 5.74) is 3.91. The van der Waals surface area contributed by atoms with E-state index in [2.05, 4.69) is 10.2 Å². The quantitative estimate of drug-likeness (QED) is 0.444. The highest BCUT2D eigenvalue weighted by atomic mass is 16.6. The molecule has 0 spiro atoms. The Balaban J connectivity index is 1.30. The second-order valence-electron chi connectivity index (χ2n) is 8.34. The van der Waals surface area contributed by atoms with Crippen molar-refractivity contribution >= 4 is 28.9 Å². The highest BCUT2D eigenvalue weighted by Crippen LogP contribution is 2.21. The molecule has 1 saturated heterocycles. The van der Waals surface area contributed by atoms with E-state index in [-0.39, 0.29) is 17.2 Å². The molecule has 8 heteroatoms. The molecule has 0 radical (unpaired) electrons. The SMILES string of the molecule is Cc1cccc(CC(=O)N2CCN(c3ccc(NC(=O)c4cccc([N+](=O)[O-])c4)cc3)CC2)c1. The van der Waals surface area contributed by atoms with Gasteiger partial charge in [-0.25, -0.2) is 0 Å². The molecule has 3 aromatic carbocycles. The van der Waals surface area contributed by atoms with Crippen LogP contribution in [0.1, 0.15) is 21.5 Å². The number of hydrogen-bond donors (Lipinski definition) is 1. The van der Waals surface area contributed by atoms with E-state index >= 15 is 0 Å². The molecule has 0 unspecified atom stereocenters. The van der Waals surface area contributed by atoms with Gasteiger partial charge < -0.3 is 15.1 Å². The third kappa shape index (κ3) is 5.58. The molecule has 2 amide bonds. The van der Waals surface area contributed by atoms with Crippen LogP contribution in [-0.4, -0.2) is 47.8 Å². The lowest BCUT2D eigenvalue weighted by molar-refractivity contribution is -0.384. The van der Waals surface area contributed by atoms with Crippen LogP contribution in [0.15, 0.2) is 72.8 Å². The zero-order chi connectivity index (χ0) is 24.1. The highest BCUT2D eigenvalue weighted by Gasteiger charge is 2.21. The fourth-order valence-electron chi connectivity index (χ4n) is 4.04. The first-order valence-corrected chi connectivity index (χ1v) is 11.1. The first kappa shape index (κ1) is 23.0. The number of rotatable bonds is 6. The van der Waals surface area contributed by atoms with E-state index in [9.17, 15) is 19.7 Å². The second-order valence-corrected chi connectivity index (χ2v) is 8.34. The van der Waals surface area contributed by atoms with Crippen LogP contribution in [-0.2, 0) is 11.2 Å². The average Bonchev–Trinajstić information content (AvgIpc) is 2.84. The number of benzene rings is 3. The molecule has 174 valence electrons. The van der Waals surface area contributed by atoms with E-state index < -0.39 is 10.8 Å². The number of nitrogens with one attached hydrogen (secondary N) is 1. The summed E-state index contributed by atoms with van der Waals surface area (Å²) in [6.07, 6.45) is 0.417. The monoisotopic (exact) mass is 458 g/mol. The number of non-ortho nitro benzene ring substituents is 1. The summed E-state index contributed by atoms with van der Waals surface area (Å²) in [7, 11) is 0. The molecule has 0 aliphatic carbocycles. The number of amides is 2. The lowest BCUT2D eigenvalue weighted by atomic mass is 10.1. The number of carbonyl (C=O) groups is 2. The Labute approximate surface area is 198 Å². The molecular weight excluding hydrogens is 432 g/mol. The summed E-state index contributed by atoms with van der Waals surface area (Å²) in [5.74, 6) is -0.262. The van der Waals surface area contributed by atoms with Gasteiger partial charge in [0.05, 0.1) is 11.3 Å². The summed E-state index contributed by atoms with van der Waals surface area (Å²) < 4.78 is 0. The van der Waals surface area contributed by atoms with Gasteiger partial charge in [0.15, 0.2) is 0 Å². The van der Waals surface area contributed by atoms with Gasteiger partial charge in [0.1, 0.15) is 0 Å². The number of hydrogen-bond acceptors (Lipinski definition) is 5. The topological polar surface area (TPSA) is 95.8 Å². The van der Waals surface area contributed by atoms with Crippen molar-refractivity contribution in [1.29, 1.82) is 0 Å². The van der Waals surface area contributed by atoms with E-state index in [0.717, 1.165) is 29.9 Å². The van der Waals surface area contributed by atoms with Crippen LogP contribution in [0.5, 0.6) is 0 Å². The number of nitrogens with zero attached hydrogens (tertiary/aromatic N) is 3. The largest absolute Gasteiger partial charge is 0.368 e. The van der Waals surface area contributed by atoms with Crippen molar-refractivity contribution in [3.05, 3.63) is 99.6 Å². The Bertz CT molecular complexity index is 1200. The maximum Gasteiger partial charge on any atom is 0.270 e. The molecular formula is C26H26N4O4. The first-order valence-electron chi connectivity index (χ1n) is 11.1. The van der Waals surface area contributed by atoms with Crippen molar-refractivity contribution in [3.8, 4) is 0 Å². The van der Waals surface area contributed by atoms with Gasteiger partial charge >= 0.3 is 0 Å². The fourth-order valence-corrected chi connectivity index (χ4v) is 4.04. The summed E-state index contributed by atoms with van der Waals surface area (Å²) in [6.45, 7) is 4.82. The summed E-state index contributed by atoms with van der Waals surface area (Å²) in [6, 6.07) is 21.1. The van der Waals surface area contributed by atoms with Crippen molar-refractivity contribution in [2.75, 3.05) is 36.4 Å². The molecule has 1 N–H and O–H groups in total. The van der Waals surface area contributed by atoms with E-state index in [1.54, 1.807) is 12.1 Å². The zero-order valence-electron chi connectivity index (χ0n) is 18.9. The summed E-state index contributed by atoms with van der Waals surface area (Å²) in [4.78, 5) is 39.6. The summed E-state index contributed by atoms with van der Waals surface area (Å²) in [5, 5.41) is 13.7. The molecule has 1 heterocycles. The molecule has 0 bridgehead atoms. The van der Waals surface area contributed by atoms with Gasteiger partial charge in [-0.1, -0.05) is 35.9 Å². The summed E-state index contributed by atoms with van der Waals surface area (Å²) >= 11 is 0. The maximum atomic E-state index is 12.7. The Hall–Kier alpha value is -4.20. The Morgan fingerprint density at radius 2 is 1.65 bits per heavy atom. The van der Waals surface area contributed by atoms with Gasteiger partial charge in [-0.2, -0.15) is 0 Å². The number of aryl methyl sites for hydroxylation is 1. The van der Waals surface area contributed by atoms with Crippen LogP contribution in [0.2, 0.25) is 0 Å². The van der Waals surface area contributed by atoms with Crippen molar-refractivity contribution < 1.29 is 14.5 Å². The van der Waals surface area contributed by atoms with E-state index in [1.165, 1.54) is 24.3 Å². The molecule has 0 aromatic heterocycles. The molecule has 4 rings (SSSR count).